The summed E-state index contributed by atoms with van der Waals surface area (Å²) < 4.78 is 6.51. The molecule has 0 aromatic heterocycles. The van der Waals surface area contributed by atoms with Crippen molar-refractivity contribution < 1.29 is 9.53 Å². The summed E-state index contributed by atoms with van der Waals surface area (Å²) in [6, 6.07) is 12.3. The van der Waals surface area contributed by atoms with Crippen molar-refractivity contribution in [1.82, 2.24) is 5.32 Å². The molecule has 1 N–H and O–H groups in total. The van der Waals surface area contributed by atoms with Crippen LogP contribution in [-0.4, -0.2) is 18.1 Å². The summed E-state index contributed by atoms with van der Waals surface area (Å²) in [5.74, 6) is 0.596. The largest absolute Gasteiger partial charge is 0.488 e. The molecule has 1 saturated heterocycles. The molecule has 1 amide bonds. The molecule has 0 atom stereocenters. The first-order valence-electron chi connectivity index (χ1n) is 7.97. The van der Waals surface area contributed by atoms with Gasteiger partial charge in [-0.05, 0) is 42.7 Å². The first-order chi connectivity index (χ1) is 11.9. The van der Waals surface area contributed by atoms with E-state index < -0.39 is 0 Å². The van der Waals surface area contributed by atoms with Crippen LogP contribution in [0.4, 0.5) is 0 Å². The van der Waals surface area contributed by atoms with E-state index in [0.717, 1.165) is 22.3 Å². The van der Waals surface area contributed by atoms with Gasteiger partial charge in [-0.3, -0.25) is 4.79 Å². The Balaban J connectivity index is 1.84. The molecule has 1 heterocycles. The highest BCUT2D eigenvalue weighted by atomic mass is 32.2. The van der Waals surface area contributed by atoms with Gasteiger partial charge in [0.05, 0.1) is 4.91 Å². The number of hydrogen-bond donors (Lipinski definition) is 1. The van der Waals surface area contributed by atoms with Crippen LogP contribution in [-0.2, 0) is 11.4 Å². The van der Waals surface area contributed by atoms with Crippen LogP contribution in [0.15, 0.2) is 41.3 Å². The number of nitrogens with one attached hydrogen (secondary N) is 1. The maximum absolute atomic E-state index is 11.9. The number of amides is 1. The average molecular weight is 367 g/mol. The van der Waals surface area contributed by atoms with E-state index in [1.165, 1.54) is 22.9 Å². The molecule has 126 valence electrons. The van der Waals surface area contributed by atoms with E-state index in [-0.39, 0.29) is 5.91 Å². The fourth-order valence-electron chi connectivity index (χ4n) is 2.53. The van der Waals surface area contributed by atoms with Gasteiger partial charge in [-0.2, -0.15) is 0 Å². The van der Waals surface area contributed by atoms with E-state index in [2.05, 4.69) is 37.4 Å². The zero-order valence-electron chi connectivity index (χ0n) is 14.4. The van der Waals surface area contributed by atoms with Crippen molar-refractivity contribution in [2.24, 2.45) is 0 Å². The Labute approximate surface area is 158 Å². The van der Waals surface area contributed by atoms with Crippen LogP contribution in [0, 0.1) is 13.8 Å². The molecule has 0 aliphatic carbocycles. The van der Waals surface area contributed by atoms with Crippen molar-refractivity contribution >= 4 is 53.6 Å². The Morgan fingerprint density at radius 2 is 2.00 bits per heavy atom. The Kier molecular flexibility index (Phi) is 5.30. The number of thioether (sulfide) groups is 1. The summed E-state index contributed by atoms with van der Waals surface area (Å²) in [4.78, 5) is 12.5. The molecule has 25 heavy (non-hydrogen) atoms. The topological polar surface area (TPSA) is 38.3 Å². The maximum Gasteiger partial charge on any atom is 0.263 e. The standard InChI is InChI=1S/C19H18BNO2S2/c1-11-3-4-13(7-12(11)2)10-23-16-6-5-15(20)8-14(16)9-17-18(22)21-19(24)25-17/h3-9H,10,20H2,1-2H3,(H,21,22,24)/b17-9-. The van der Waals surface area contributed by atoms with Crippen LogP contribution >= 0.6 is 24.0 Å². The number of aryl methyl sites for hydroxylation is 2. The van der Waals surface area contributed by atoms with Crippen molar-refractivity contribution in [3.8, 4) is 5.75 Å². The first kappa shape index (κ1) is 17.8. The molecule has 1 aliphatic rings. The molecular formula is C19H18BNO2S2. The minimum Gasteiger partial charge on any atom is -0.488 e. The van der Waals surface area contributed by atoms with Crippen LogP contribution in [0.1, 0.15) is 22.3 Å². The number of carbonyl (C=O) groups excluding carboxylic acids is 1. The third kappa shape index (κ3) is 4.33. The third-order valence-corrected chi connectivity index (χ3v) is 5.22. The Bertz CT molecular complexity index is 893. The molecule has 2 aromatic rings. The molecule has 6 heteroatoms. The lowest BCUT2D eigenvalue weighted by molar-refractivity contribution is -0.115. The summed E-state index contributed by atoms with van der Waals surface area (Å²) in [6.45, 7) is 4.68. The predicted octanol–water partition coefficient (Wildman–Crippen LogP) is 2.63. The molecule has 0 radical (unpaired) electrons. The highest BCUT2D eigenvalue weighted by Gasteiger charge is 2.22. The third-order valence-electron chi connectivity index (χ3n) is 4.06. The normalized spacial score (nSPS) is 15.5. The van der Waals surface area contributed by atoms with Crippen LogP contribution in [0.25, 0.3) is 6.08 Å². The van der Waals surface area contributed by atoms with Gasteiger partial charge in [0.2, 0.25) is 0 Å². The highest BCUT2D eigenvalue weighted by molar-refractivity contribution is 8.26. The van der Waals surface area contributed by atoms with Gasteiger partial charge in [0.1, 0.15) is 24.5 Å². The van der Waals surface area contributed by atoms with Gasteiger partial charge in [-0.1, -0.05) is 59.8 Å². The lowest BCUT2D eigenvalue weighted by atomic mass is 9.94. The lowest BCUT2D eigenvalue weighted by Gasteiger charge is -2.12. The molecular weight excluding hydrogens is 349 g/mol. The van der Waals surface area contributed by atoms with Gasteiger partial charge in [0.15, 0.2) is 0 Å². The van der Waals surface area contributed by atoms with Gasteiger partial charge in [0.25, 0.3) is 5.91 Å². The summed E-state index contributed by atoms with van der Waals surface area (Å²) in [5.41, 5.74) is 5.63. The van der Waals surface area contributed by atoms with E-state index in [1.807, 2.05) is 32.1 Å². The van der Waals surface area contributed by atoms with Crippen molar-refractivity contribution in [1.29, 1.82) is 0 Å². The van der Waals surface area contributed by atoms with E-state index in [4.69, 9.17) is 17.0 Å². The van der Waals surface area contributed by atoms with Gasteiger partial charge in [0, 0.05) is 5.56 Å². The van der Waals surface area contributed by atoms with Crippen molar-refractivity contribution in [2.45, 2.75) is 20.5 Å². The molecule has 3 nitrogen and oxygen atoms in total. The van der Waals surface area contributed by atoms with Gasteiger partial charge in [-0.15, -0.1) is 0 Å². The van der Waals surface area contributed by atoms with E-state index in [1.54, 1.807) is 0 Å². The summed E-state index contributed by atoms with van der Waals surface area (Å²) >= 11 is 6.32. The number of benzene rings is 2. The zero-order valence-corrected chi connectivity index (χ0v) is 16.0. The SMILES string of the molecule is Bc1ccc(OCc2ccc(C)c(C)c2)c(/C=C2\SC(=S)NC2=O)c1. The Morgan fingerprint density at radius 1 is 1.20 bits per heavy atom. The van der Waals surface area contributed by atoms with Crippen molar-refractivity contribution in [3.63, 3.8) is 0 Å². The maximum atomic E-state index is 11.9. The van der Waals surface area contributed by atoms with Crippen molar-refractivity contribution in [3.05, 3.63) is 63.6 Å². The minimum absolute atomic E-state index is 0.156. The summed E-state index contributed by atoms with van der Waals surface area (Å²) in [5, 5.41) is 2.64. The molecule has 2 aromatic carbocycles. The van der Waals surface area contributed by atoms with Crippen LogP contribution < -0.4 is 15.5 Å². The second-order valence-electron chi connectivity index (χ2n) is 6.10. The van der Waals surface area contributed by atoms with Gasteiger partial charge < -0.3 is 10.1 Å². The first-order valence-corrected chi connectivity index (χ1v) is 9.19. The molecule has 0 spiro atoms. The van der Waals surface area contributed by atoms with Gasteiger partial charge in [-0.25, -0.2) is 0 Å². The van der Waals surface area contributed by atoms with Gasteiger partial charge >= 0.3 is 0 Å². The number of carbonyl (C=O) groups is 1. The fraction of sp³-hybridized carbons (Fsp3) is 0.158. The zero-order chi connectivity index (χ0) is 18.0. The number of thiocarbonyl (C=S) groups is 1. The predicted molar refractivity (Wildman–Crippen MR) is 111 cm³/mol. The minimum atomic E-state index is -0.156. The molecule has 3 rings (SSSR count). The average Bonchev–Trinajstić information content (AvgIpc) is 2.87. The summed E-state index contributed by atoms with van der Waals surface area (Å²) in [6.07, 6.45) is 1.84. The lowest BCUT2D eigenvalue weighted by Crippen LogP contribution is -2.17. The van der Waals surface area contributed by atoms with Crippen molar-refractivity contribution in [2.75, 3.05) is 0 Å². The smallest absolute Gasteiger partial charge is 0.263 e. The second kappa shape index (κ2) is 7.46. The van der Waals surface area contributed by atoms with Crippen LogP contribution in [0.3, 0.4) is 0 Å². The second-order valence-corrected chi connectivity index (χ2v) is 7.82. The molecule has 0 saturated carbocycles. The molecule has 1 aliphatic heterocycles. The number of rotatable bonds is 4. The quantitative estimate of drug-likeness (QED) is 0.512. The van der Waals surface area contributed by atoms with E-state index in [0.29, 0.717) is 15.8 Å². The Hall–Kier alpha value is -2.05. The fourth-order valence-corrected chi connectivity index (χ4v) is 3.56. The van der Waals surface area contributed by atoms with E-state index >= 15 is 0 Å². The summed E-state index contributed by atoms with van der Waals surface area (Å²) in [7, 11) is 2.02. The van der Waals surface area contributed by atoms with E-state index in [9.17, 15) is 4.79 Å². The van der Waals surface area contributed by atoms with Crippen LogP contribution in [0.5, 0.6) is 5.75 Å². The molecule has 1 fully saturated rings. The number of hydrogen-bond acceptors (Lipinski definition) is 4. The Morgan fingerprint density at radius 3 is 2.68 bits per heavy atom. The monoisotopic (exact) mass is 367 g/mol. The van der Waals surface area contributed by atoms with Crippen LogP contribution in [0.2, 0.25) is 0 Å². The highest BCUT2D eigenvalue weighted by Crippen LogP contribution is 2.29. The molecule has 0 unspecified atom stereocenters. The number of ether oxygens (including phenoxy) is 1. The molecule has 0 bridgehead atoms.